The lowest BCUT2D eigenvalue weighted by atomic mass is 10.0. The van der Waals surface area contributed by atoms with Crippen LogP contribution < -0.4 is 10.2 Å². The summed E-state index contributed by atoms with van der Waals surface area (Å²) in [5.74, 6) is 2.29. The van der Waals surface area contributed by atoms with E-state index in [2.05, 4.69) is 30.5 Å². The second-order valence-corrected chi connectivity index (χ2v) is 6.35. The van der Waals surface area contributed by atoms with Crippen molar-refractivity contribution in [1.29, 1.82) is 0 Å². The Morgan fingerprint density at radius 2 is 2.04 bits per heavy atom. The van der Waals surface area contributed by atoms with Gasteiger partial charge in [0.2, 0.25) is 0 Å². The predicted octanol–water partition coefficient (Wildman–Crippen LogP) is 2.12. The monoisotopic (exact) mass is 335 g/mol. The molecule has 1 fully saturated rings. The molecular formula is C17H17N7O. The maximum absolute atomic E-state index is 5.69. The largest absolute Gasteiger partial charge is 0.424 e. The zero-order chi connectivity index (χ0) is 16.8. The summed E-state index contributed by atoms with van der Waals surface area (Å²) >= 11 is 0. The topological polar surface area (TPSA) is 84.4 Å². The summed E-state index contributed by atoms with van der Waals surface area (Å²) in [4.78, 5) is 6.68. The van der Waals surface area contributed by atoms with E-state index in [0.717, 1.165) is 48.0 Å². The average Bonchev–Trinajstić information content (AvgIpc) is 3.17. The van der Waals surface area contributed by atoms with Gasteiger partial charge in [0.25, 0.3) is 6.01 Å². The lowest BCUT2D eigenvalue weighted by Gasteiger charge is -2.39. The first-order valence-electron chi connectivity index (χ1n) is 8.30. The molecule has 1 aliphatic rings. The summed E-state index contributed by atoms with van der Waals surface area (Å²) in [6.07, 6.45) is 0. The highest BCUT2D eigenvalue weighted by atomic mass is 16.4. The van der Waals surface area contributed by atoms with Crippen LogP contribution in [-0.4, -0.2) is 44.4 Å². The zero-order valence-corrected chi connectivity index (χ0v) is 13.8. The molecule has 0 unspecified atom stereocenters. The Kier molecular flexibility index (Phi) is 3.09. The number of aromatic nitrogens is 5. The quantitative estimate of drug-likeness (QED) is 0.611. The summed E-state index contributed by atoms with van der Waals surface area (Å²) in [6.45, 7) is 4.64. The highest BCUT2D eigenvalue weighted by Crippen LogP contribution is 2.24. The first-order valence-corrected chi connectivity index (χ1v) is 8.30. The highest BCUT2D eigenvalue weighted by molar-refractivity contribution is 5.74. The third kappa shape index (κ3) is 2.46. The van der Waals surface area contributed by atoms with Gasteiger partial charge in [-0.05, 0) is 31.2 Å². The van der Waals surface area contributed by atoms with Crippen molar-refractivity contribution in [2.75, 3.05) is 29.9 Å². The normalized spacial score (nSPS) is 15.0. The van der Waals surface area contributed by atoms with E-state index in [4.69, 9.17) is 4.42 Å². The number of nitrogens with one attached hydrogen (secondary N) is 1. The molecule has 0 radical (unpaired) electrons. The van der Waals surface area contributed by atoms with Gasteiger partial charge in [-0.1, -0.05) is 12.1 Å². The number of aryl methyl sites for hydroxylation is 1. The summed E-state index contributed by atoms with van der Waals surface area (Å²) in [6, 6.07) is 12.3. The molecule has 8 heteroatoms. The number of hydrogen-bond acceptors (Lipinski definition) is 7. The van der Waals surface area contributed by atoms with Gasteiger partial charge in [-0.2, -0.15) is 9.50 Å². The van der Waals surface area contributed by atoms with Gasteiger partial charge in [-0.25, -0.2) is 0 Å². The van der Waals surface area contributed by atoms with Crippen LogP contribution in [0.4, 0.5) is 11.8 Å². The minimum absolute atomic E-state index is 0.537. The van der Waals surface area contributed by atoms with Crippen molar-refractivity contribution >= 4 is 28.6 Å². The van der Waals surface area contributed by atoms with Gasteiger partial charge >= 0.3 is 0 Å². The van der Waals surface area contributed by atoms with Crippen LogP contribution in [0.15, 0.2) is 40.8 Å². The maximum Gasteiger partial charge on any atom is 0.295 e. The Hall–Kier alpha value is -3.16. The van der Waals surface area contributed by atoms with Crippen molar-refractivity contribution < 1.29 is 4.42 Å². The Labute approximate surface area is 143 Å². The fourth-order valence-electron chi connectivity index (χ4n) is 3.12. The molecule has 3 aromatic heterocycles. The van der Waals surface area contributed by atoms with E-state index in [1.807, 2.05) is 43.3 Å². The fraction of sp³-hybridized carbons (Fsp3) is 0.294. The molecule has 0 amide bonds. The zero-order valence-electron chi connectivity index (χ0n) is 13.8. The van der Waals surface area contributed by atoms with E-state index in [-0.39, 0.29) is 0 Å². The van der Waals surface area contributed by atoms with Crippen LogP contribution >= 0.6 is 0 Å². The lowest BCUT2D eigenvalue weighted by Crippen LogP contribution is -2.50. The summed E-state index contributed by atoms with van der Waals surface area (Å²) in [5, 5.41) is 16.0. The molecule has 1 aromatic carbocycles. The van der Waals surface area contributed by atoms with Gasteiger partial charge < -0.3 is 14.6 Å². The minimum atomic E-state index is 0.537. The maximum atomic E-state index is 5.69. The van der Waals surface area contributed by atoms with Gasteiger partial charge in [0.1, 0.15) is 11.3 Å². The van der Waals surface area contributed by atoms with Gasteiger partial charge in [-0.15, -0.1) is 15.3 Å². The molecule has 5 rings (SSSR count). The Balaban J connectivity index is 1.21. The molecule has 126 valence electrons. The molecule has 4 heterocycles. The standard InChI is InChI=1S/C17H17N7O/c1-11-20-21-15-6-7-16(22-24(11)15)23-9-12(10-23)8-18-17-19-13-4-2-3-5-14(13)25-17/h2-7,12H,8-10H2,1H3,(H,18,19). The minimum Gasteiger partial charge on any atom is -0.424 e. The van der Waals surface area contributed by atoms with Crippen molar-refractivity contribution in [1.82, 2.24) is 24.8 Å². The van der Waals surface area contributed by atoms with E-state index >= 15 is 0 Å². The third-order valence-electron chi connectivity index (χ3n) is 4.52. The molecule has 0 bridgehead atoms. The summed E-state index contributed by atoms with van der Waals surface area (Å²) in [5.41, 5.74) is 2.46. The van der Waals surface area contributed by atoms with E-state index < -0.39 is 0 Å². The van der Waals surface area contributed by atoms with Crippen LogP contribution in [0.5, 0.6) is 0 Å². The second-order valence-electron chi connectivity index (χ2n) is 6.35. The van der Waals surface area contributed by atoms with Crippen LogP contribution in [0.2, 0.25) is 0 Å². The van der Waals surface area contributed by atoms with E-state index in [1.54, 1.807) is 4.52 Å². The van der Waals surface area contributed by atoms with Crippen molar-refractivity contribution in [2.24, 2.45) is 5.92 Å². The molecule has 8 nitrogen and oxygen atoms in total. The molecule has 1 saturated heterocycles. The Morgan fingerprint density at radius 3 is 2.92 bits per heavy atom. The first kappa shape index (κ1) is 14.2. The predicted molar refractivity (Wildman–Crippen MR) is 93.7 cm³/mol. The fourth-order valence-corrected chi connectivity index (χ4v) is 3.12. The van der Waals surface area contributed by atoms with Crippen molar-refractivity contribution in [3.05, 3.63) is 42.2 Å². The van der Waals surface area contributed by atoms with Crippen LogP contribution in [0.1, 0.15) is 5.82 Å². The summed E-state index contributed by atoms with van der Waals surface area (Å²) < 4.78 is 7.46. The van der Waals surface area contributed by atoms with E-state index in [9.17, 15) is 0 Å². The van der Waals surface area contributed by atoms with Gasteiger partial charge in [-0.3, -0.25) is 0 Å². The van der Waals surface area contributed by atoms with Crippen molar-refractivity contribution in [3.8, 4) is 0 Å². The number of anilines is 2. The number of fused-ring (bicyclic) bond motifs is 2. The van der Waals surface area contributed by atoms with Crippen LogP contribution in [-0.2, 0) is 0 Å². The SMILES string of the molecule is Cc1nnc2ccc(N3CC(CNc4nc5ccccc5o4)C3)nn12. The number of rotatable bonds is 4. The number of benzene rings is 1. The Morgan fingerprint density at radius 1 is 1.16 bits per heavy atom. The highest BCUT2D eigenvalue weighted by Gasteiger charge is 2.28. The van der Waals surface area contributed by atoms with Crippen LogP contribution in [0, 0.1) is 12.8 Å². The summed E-state index contributed by atoms with van der Waals surface area (Å²) in [7, 11) is 0. The van der Waals surface area contributed by atoms with Crippen molar-refractivity contribution in [2.45, 2.75) is 6.92 Å². The molecule has 0 atom stereocenters. The van der Waals surface area contributed by atoms with Crippen molar-refractivity contribution in [3.63, 3.8) is 0 Å². The lowest BCUT2D eigenvalue weighted by molar-refractivity contribution is 0.420. The average molecular weight is 335 g/mol. The number of nitrogens with zero attached hydrogens (tertiary/aromatic N) is 6. The smallest absolute Gasteiger partial charge is 0.295 e. The molecule has 1 N–H and O–H groups in total. The van der Waals surface area contributed by atoms with Gasteiger partial charge in [0, 0.05) is 25.6 Å². The van der Waals surface area contributed by atoms with E-state index in [1.165, 1.54) is 0 Å². The molecular weight excluding hydrogens is 318 g/mol. The van der Waals surface area contributed by atoms with Crippen LogP contribution in [0.25, 0.3) is 16.7 Å². The van der Waals surface area contributed by atoms with E-state index in [0.29, 0.717) is 11.9 Å². The first-order chi connectivity index (χ1) is 12.3. The number of oxazole rings is 1. The van der Waals surface area contributed by atoms with Crippen LogP contribution in [0.3, 0.4) is 0 Å². The van der Waals surface area contributed by atoms with Gasteiger partial charge in [0.15, 0.2) is 17.1 Å². The molecule has 0 aliphatic carbocycles. The molecule has 0 saturated carbocycles. The molecule has 1 aliphatic heterocycles. The molecule has 4 aromatic rings. The second kappa shape index (κ2) is 5.44. The number of hydrogen-bond donors (Lipinski definition) is 1. The molecule has 0 spiro atoms. The van der Waals surface area contributed by atoms with Gasteiger partial charge in [0.05, 0.1) is 0 Å². The Bertz CT molecular complexity index is 1010. The molecule has 25 heavy (non-hydrogen) atoms. The number of para-hydroxylation sites is 2. The third-order valence-corrected chi connectivity index (χ3v) is 4.52.